The summed E-state index contributed by atoms with van der Waals surface area (Å²) in [6, 6.07) is 6.56. The molecule has 0 bridgehead atoms. The van der Waals surface area contributed by atoms with Crippen LogP contribution in [0.15, 0.2) is 18.2 Å². The van der Waals surface area contributed by atoms with Crippen LogP contribution in [0, 0.1) is 0 Å². The molecule has 3 rings (SSSR count). The molecule has 1 atom stereocenters. The van der Waals surface area contributed by atoms with Gasteiger partial charge in [-0.05, 0) is 43.5 Å². The highest BCUT2D eigenvalue weighted by atomic mass is 16.4. The van der Waals surface area contributed by atoms with Crippen LogP contribution in [0.1, 0.15) is 17.5 Å². The second kappa shape index (κ2) is 5.93. The minimum Gasteiger partial charge on any atom is -0.465 e. The monoisotopic (exact) mass is 289 g/mol. The Morgan fingerprint density at radius 1 is 1.29 bits per heavy atom. The lowest BCUT2D eigenvalue weighted by Gasteiger charge is -2.37. The minimum absolute atomic E-state index is 0.0450. The molecule has 1 aliphatic heterocycles. The van der Waals surface area contributed by atoms with Gasteiger partial charge in [0, 0.05) is 37.9 Å². The second-order valence-electron chi connectivity index (χ2n) is 6.09. The molecule has 5 heteroatoms. The van der Waals surface area contributed by atoms with Crippen molar-refractivity contribution in [2.75, 3.05) is 38.1 Å². The Morgan fingerprint density at radius 3 is 2.76 bits per heavy atom. The predicted octanol–water partition coefficient (Wildman–Crippen LogP) is 1.56. The van der Waals surface area contributed by atoms with Gasteiger partial charge < -0.3 is 20.2 Å². The van der Waals surface area contributed by atoms with Crippen molar-refractivity contribution >= 4 is 11.8 Å². The Bertz CT molecular complexity index is 524. The topological polar surface area (TPSA) is 55.8 Å². The molecule has 21 heavy (non-hydrogen) atoms. The van der Waals surface area contributed by atoms with E-state index < -0.39 is 6.09 Å². The summed E-state index contributed by atoms with van der Waals surface area (Å²) in [4.78, 5) is 15.7. The average Bonchev–Trinajstić information content (AvgIpc) is 2.47. The summed E-state index contributed by atoms with van der Waals surface area (Å²) in [5, 5.41) is 11.6. The number of carbonyl (C=O) groups is 1. The highest BCUT2D eigenvalue weighted by molar-refractivity contribution is 5.65. The number of nitrogens with zero attached hydrogens (tertiary/aromatic N) is 2. The third kappa shape index (κ3) is 3.13. The molecule has 0 radical (unpaired) electrons. The maximum Gasteiger partial charge on any atom is 0.404 e. The van der Waals surface area contributed by atoms with Crippen molar-refractivity contribution < 1.29 is 9.90 Å². The standard InChI is InChI=1S/C16H23N3O2/c1-18-7-9-19(10-8-18)15-4-2-3-12-5-6-13(11-14(12)15)17-16(20)21/h2-4,13,17H,5-11H2,1H3,(H,20,21). The van der Waals surface area contributed by atoms with Crippen LogP contribution in [0.4, 0.5) is 10.5 Å². The van der Waals surface area contributed by atoms with Crippen molar-refractivity contribution in [2.45, 2.75) is 25.3 Å². The van der Waals surface area contributed by atoms with Crippen molar-refractivity contribution in [3.8, 4) is 0 Å². The van der Waals surface area contributed by atoms with E-state index in [1.165, 1.54) is 16.8 Å². The van der Waals surface area contributed by atoms with E-state index >= 15 is 0 Å². The molecule has 114 valence electrons. The van der Waals surface area contributed by atoms with Crippen LogP contribution in [0.5, 0.6) is 0 Å². The number of likely N-dealkylation sites (N-methyl/N-ethyl adjacent to an activating group) is 1. The Morgan fingerprint density at radius 2 is 2.05 bits per heavy atom. The van der Waals surface area contributed by atoms with E-state index in [9.17, 15) is 4.79 Å². The highest BCUT2D eigenvalue weighted by Gasteiger charge is 2.25. The summed E-state index contributed by atoms with van der Waals surface area (Å²) >= 11 is 0. The Balaban J connectivity index is 1.81. The van der Waals surface area contributed by atoms with Crippen LogP contribution in [-0.2, 0) is 12.8 Å². The zero-order valence-corrected chi connectivity index (χ0v) is 12.5. The van der Waals surface area contributed by atoms with E-state index in [2.05, 4.69) is 40.4 Å². The van der Waals surface area contributed by atoms with Crippen LogP contribution in [0.3, 0.4) is 0 Å². The van der Waals surface area contributed by atoms with Gasteiger partial charge in [-0.3, -0.25) is 0 Å². The Labute approximate surface area is 125 Å². The maximum atomic E-state index is 10.9. The third-order valence-corrected chi connectivity index (χ3v) is 4.63. The normalized spacial score (nSPS) is 22.7. The molecular formula is C16H23N3O2. The van der Waals surface area contributed by atoms with E-state index in [4.69, 9.17) is 5.11 Å². The molecule has 1 heterocycles. The Hall–Kier alpha value is -1.75. The van der Waals surface area contributed by atoms with Crippen molar-refractivity contribution in [1.29, 1.82) is 0 Å². The fourth-order valence-electron chi connectivity index (χ4n) is 3.41. The van der Waals surface area contributed by atoms with Crippen molar-refractivity contribution in [2.24, 2.45) is 0 Å². The number of piperazine rings is 1. The lowest BCUT2D eigenvalue weighted by Crippen LogP contribution is -2.45. The van der Waals surface area contributed by atoms with Gasteiger partial charge in [0.15, 0.2) is 0 Å². The molecule has 1 aromatic carbocycles. The quantitative estimate of drug-likeness (QED) is 0.867. The van der Waals surface area contributed by atoms with E-state index in [1.54, 1.807) is 0 Å². The molecule has 1 fully saturated rings. The molecule has 2 N–H and O–H groups in total. The van der Waals surface area contributed by atoms with Crippen LogP contribution < -0.4 is 10.2 Å². The first-order chi connectivity index (χ1) is 10.1. The fourth-order valence-corrected chi connectivity index (χ4v) is 3.41. The molecule has 2 aliphatic rings. The second-order valence-corrected chi connectivity index (χ2v) is 6.09. The van der Waals surface area contributed by atoms with Crippen molar-refractivity contribution in [3.05, 3.63) is 29.3 Å². The molecule has 0 aromatic heterocycles. The molecule has 1 saturated heterocycles. The van der Waals surface area contributed by atoms with Crippen LogP contribution >= 0.6 is 0 Å². The number of nitrogens with one attached hydrogen (secondary N) is 1. The van der Waals surface area contributed by atoms with Crippen LogP contribution in [0.2, 0.25) is 0 Å². The number of amides is 1. The fraction of sp³-hybridized carbons (Fsp3) is 0.562. The first kappa shape index (κ1) is 14.2. The van der Waals surface area contributed by atoms with Gasteiger partial charge in [0.1, 0.15) is 0 Å². The summed E-state index contributed by atoms with van der Waals surface area (Å²) in [5.74, 6) is 0. The van der Waals surface area contributed by atoms with Gasteiger partial charge >= 0.3 is 6.09 Å². The first-order valence-electron chi connectivity index (χ1n) is 7.67. The van der Waals surface area contributed by atoms with E-state index in [0.29, 0.717) is 0 Å². The van der Waals surface area contributed by atoms with Crippen LogP contribution in [0.25, 0.3) is 0 Å². The molecule has 0 spiro atoms. The van der Waals surface area contributed by atoms with Gasteiger partial charge in [-0.1, -0.05) is 12.1 Å². The van der Waals surface area contributed by atoms with Gasteiger partial charge in [0.05, 0.1) is 0 Å². The SMILES string of the molecule is CN1CCN(c2cccc3c2CC(NC(=O)O)CC3)CC1. The van der Waals surface area contributed by atoms with Gasteiger partial charge in [-0.25, -0.2) is 4.79 Å². The van der Waals surface area contributed by atoms with Crippen LogP contribution in [-0.4, -0.2) is 55.4 Å². The number of anilines is 1. The average molecular weight is 289 g/mol. The lowest BCUT2D eigenvalue weighted by atomic mass is 9.86. The summed E-state index contributed by atoms with van der Waals surface area (Å²) in [7, 11) is 2.16. The number of hydrogen-bond donors (Lipinski definition) is 2. The largest absolute Gasteiger partial charge is 0.465 e. The molecule has 1 aliphatic carbocycles. The zero-order valence-electron chi connectivity index (χ0n) is 12.5. The molecule has 1 unspecified atom stereocenters. The number of aryl methyl sites for hydroxylation is 1. The van der Waals surface area contributed by atoms with E-state index in [0.717, 1.165) is 45.4 Å². The molecular weight excluding hydrogens is 266 g/mol. The minimum atomic E-state index is -0.916. The molecule has 0 saturated carbocycles. The summed E-state index contributed by atoms with van der Waals surface area (Å²) in [6.07, 6.45) is 1.75. The highest BCUT2D eigenvalue weighted by Crippen LogP contribution is 2.31. The molecule has 5 nitrogen and oxygen atoms in total. The van der Waals surface area contributed by atoms with Gasteiger partial charge in [0.25, 0.3) is 0 Å². The Kier molecular flexibility index (Phi) is 4.01. The lowest BCUT2D eigenvalue weighted by molar-refractivity contribution is 0.188. The third-order valence-electron chi connectivity index (χ3n) is 4.63. The molecule has 1 amide bonds. The number of carboxylic acid groups (broad SMARTS) is 1. The van der Waals surface area contributed by atoms with Crippen molar-refractivity contribution in [1.82, 2.24) is 10.2 Å². The predicted molar refractivity (Wildman–Crippen MR) is 83.1 cm³/mol. The van der Waals surface area contributed by atoms with E-state index in [-0.39, 0.29) is 6.04 Å². The number of hydrogen-bond acceptors (Lipinski definition) is 3. The smallest absolute Gasteiger partial charge is 0.404 e. The zero-order chi connectivity index (χ0) is 14.8. The number of rotatable bonds is 2. The van der Waals surface area contributed by atoms with Gasteiger partial charge in [-0.15, -0.1) is 0 Å². The maximum absolute atomic E-state index is 10.9. The van der Waals surface area contributed by atoms with Crippen molar-refractivity contribution in [3.63, 3.8) is 0 Å². The summed E-state index contributed by atoms with van der Waals surface area (Å²) < 4.78 is 0. The first-order valence-corrected chi connectivity index (χ1v) is 7.67. The van der Waals surface area contributed by atoms with Gasteiger partial charge in [0.2, 0.25) is 0 Å². The molecule has 1 aromatic rings. The summed E-state index contributed by atoms with van der Waals surface area (Å²) in [5.41, 5.74) is 4.03. The summed E-state index contributed by atoms with van der Waals surface area (Å²) in [6.45, 7) is 4.26. The number of benzene rings is 1. The van der Waals surface area contributed by atoms with E-state index in [1.807, 2.05) is 0 Å². The van der Waals surface area contributed by atoms with Gasteiger partial charge in [-0.2, -0.15) is 0 Å². The number of fused-ring (bicyclic) bond motifs is 1.